The molecule has 3 rings (SSSR count). The van der Waals surface area contributed by atoms with Gasteiger partial charge in [-0.05, 0) is 17.7 Å². The van der Waals surface area contributed by atoms with Crippen molar-refractivity contribution in [2.24, 2.45) is 0 Å². The molecule has 0 heterocycles. The van der Waals surface area contributed by atoms with Crippen LogP contribution < -0.4 is 10.5 Å². The fourth-order valence-electron chi connectivity index (χ4n) is 2.59. The number of nitrogens with two attached hydrogens (primary N) is 1. The van der Waals surface area contributed by atoms with Crippen molar-refractivity contribution in [3.63, 3.8) is 0 Å². The Bertz CT molecular complexity index is 937. The number of hydrogen-bond acceptors (Lipinski definition) is 4. The number of carbonyl (C=O) groups excluding carboxylic acids is 1. The number of carboxylic acids is 1. The summed E-state index contributed by atoms with van der Waals surface area (Å²) in [4.78, 5) is 24.2. The van der Waals surface area contributed by atoms with Crippen LogP contribution in [0.3, 0.4) is 0 Å². The molecular formula is C21H17NO4. The smallest absolute Gasteiger partial charge is 0.335 e. The van der Waals surface area contributed by atoms with Crippen LogP contribution in [0.4, 0.5) is 5.69 Å². The number of benzene rings is 3. The van der Waals surface area contributed by atoms with Crippen molar-refractivity contribution < 1.29 is 19.4 Å². The Morgan fingerprint density at radius 2 is 1.50 bits per heavy atom. The van der Waals surface area contributed by atoms with Crippen molar-refractivity contribution in [1.29, 1.82) is 0 Å². The molecule has 0 radical (unpaired) electrons. The highest BCUT2D eigenvalue weighted by Crippen LogP contribution is 2.30. The lowest BCUT2D eigenvalue weighted by atomic mass is 9.99. The largest absolute Gasteiger partial charge is 0.488 e. The lowest BCUT2D eigenvalue weighted by molar-refractivity contribution is 0.0695. The molecule has 5 heteroatoms. The van der Waals surface area contributed by atoms with Crippen LogP contribution in [0.25, 0.3) is 0 Å². The molecule has 0 bridgehead atoms. The van der Waals surface area contributed by atoms with Gasteiger partial charge in [-0.15, -0.1) is 0 Å². The van der Waals surface area contributed by atoms with E-state index in [0.29, 0.717) is 5.56 Å². The Kier molecular flexibility index (Phi) is 4.99. The Labute approximate surface area is 150 Å². The molecule has 26 heavy (non-hydrogen) atoms. The first kappa shape index (κ1) is 17.2. The number of anilines is 1. The molecule has 3 N–H and O–H groups in total. The van der Waals surface area contributed by atoms with Gasteiger partial charge < -0.3 is 15.6 Å². The summed E-state index contributed by atoms with van der Waals surface area (Å²) in [7, 11) is 0. The molecule has 0 aromatic heterocycles. The first-order chi connectivity index (χ1) is 12.6. The second-order valence-electron chi connectivity index (χ2n) is 5.71. The molecule has 0 fully saturated rings. The maximum absolute atomic E-state index is 12.9. The van der Waals surface area contributed by atoms with Gasteiger partial charge in [0.1, 0.15) is 12.4 Å². The molecule has 0 aliphatic heterocycles. The van der Waals surface area contributed by atoms with E-state index >= 15 is 0 Å². The van der Waals surface area contributed by atoms with Crippen molar-refractivity contribution in [3.05, 3.63) is 95.1 Å². The molecule has 130 valence electrons. The number of ether oxygens (including phenoxy) is 1. The van der Waals surface area contributed by atoms with Crippen LogP contribution in [0.2, 0.25) is 0 Å². The maximum Gasteiger partial charge on any atom is 0.335 e. The van der Waals surface area contributed by atoms with Gasteiger partial charge in [0.25, 0.3) is 0 Å². The van der Waals surface area contributed by atoms with Crippen LogP contribution >= 0.6 is 0 Å². The molecular weight excluding hydrogens is 330 g/mol. The van der Waals surface area contributed by atoms with Crippen LogP contribution in [-0.2, 0) is 6.61 Å². The normalized spacial score (nSPS) is 10.3. The number of nitrogen functional groups attached to an aromatic ring is 1. The van der Waals surface area contributed by atoms with Gasteiger partial charge in [0.15, 0.2) is 5.78 Å². The maximum atomic E-state index is 12.9. The van der Waals surface area contributed by atoms with E-state index in [4.69, 9.17) is 10.5 Å². The van der Waals surface area contributed by atoms with Crippen molar-refractivity contribution in [2.75, 3.05) is 5.73 Å². The Morgan fingerprint density at radius 3 is 2.12 bits per heavy atom. The van der Waals surface area contributed by atoms with Gasteiger partial charge in [-0.3, -0.25) is 4.79 Å². The minimum atomic E-state index is -1.14. The van der Waals surface area contributed by atoms with Gasteiger partial charge in [-0.25, -0.2) is 4.79 Å². The summed E-state index contributed by atoms with van der Waals surface area (Å²) >= 11 is 0. The zero-order chi connectivity index (χ0) is 18.5. The third-order valence-electron chi connectivity index (χ3n) is 3.88. The fourth-order valence-corrected chi connectivity index (χ4v) is 2.59. The lowest BCUT2D eigenvalue weighted by Crippen LogP contribution is -2.11. The van der Waals surface area contributed by atoms with Gasteiger partial charge in [0, 0.05) is 11.3 Å². The molecule has 0 atom stereocenters. The minimum Gasteiger partial charge on any atom is -0.488 e. The van der Waals surface area contributed by atoms with E-state index in [9.17, 15) is 14.7 Å². The van der Waals surface area contributed by atoms with E-state index in [1.54, 1.807) is 30.3 Å². The third kappa shape index (κ3) is 3.72. The molecule has 0 saturated carbocycles. The highest BCUT2D eigenvalue weighted by atomic mass is 16.5. The third-order valence-corrected chi connectivity index (χ3v) is 3.88. The Hall–Kier alpha value is -3.60. The van der Waals surface area contributed by atoms with Gasteiger partial charge in [-0.1, -0.05) is 60.7 Å². The van der Waals surface area contributed by atoms with E-state index in [2.05, 4.69) is 0 Å². The van der Waals surface area contributed by atoms with Crippen LogP contribution in [0.15, 0.2) is 72.8 Å². The second-order valence-corrected chi connectivity index (χ2v) is 5.71. The highest BCUT2D eigenvalue weighted by molar-refractivity contribution is 6.14. The van der Waals surface area contributed by atoms with E-state index < -0.39 is 5.97 Å². The average molecular weight is 347 g/mol. The molecule has 0 amide bonds. The molecule has 3 aromatic rings. The van der Waals surface area contributed by atoms with Crippen LogP contribution in [0.5, 0.6) is 5.75 Å². The van der Waals surface area contributed by atoms with Gasteiger partial charge >= 0.3 is 5.97 Å². The summed E-state index contributed by atoms with van der Waals surface area (Å²) in [6.45, 7) is 0.193. The summed E-state index contributed by atoms with van der Waals surface area (Å²) in [6.07, 6.45) is 0. The van der Waals surface area contributed by atoms with Crippen molar-refractivity contribution in [3.8, 4) is 5.75 Å². The summed E-state index contributed by atoms with van der Waals surface area (Å²) in [5.41, 5.74) is 7.55. The molecule has 5 nitrogen and oxygen atoms in total. The van der Waals surface area contributed by atoms with Crippen LogP contribution in [0, 0.1) is 0 Å². The number of aromatic carboxylic acids is 1. The van der Waals surface area contributed by atoms with Crippen molar-refractivity contribution in [2.45, 2.75) is 6.61 Å². The quantitative estimate of drug-likeness (QED) is 0.523. The van der Waals surface area contributed by atoms with Crippen molar-refractivity contribution >= 4 is 17.4 Å². The van der Waals surface area contributed by atoms with Gasteiger partial charge in [0.2, 0.25) is 0 Å². The number of carbonyl (C=O) groups is 2. The van der Waals surface area contributed by atoms with E-state index in [0.717, 1.165) is 5.56 Å². The zero-order valence-electron chi connectivity index (χ0n) is 13.9. The Morgan fingerprint density at radius 1 is 0.885 bits per heavy atom. The highest BCUT2D eigenvalue weighted by Gasteiger charge is 2.21. The standard InChI is InChI=1S/C21H17NO4/c22-17-11-16(21(24)25)12-18(26-13-14-7-3-1-4-8-14)19(17)20(23)15-9-5-2-6-10-15/h1-12H,13,22H2,(H,24,25). The number of ketones is 1. The number of rotatable bonds is 6. The Balaban J connectivity index is 2.01. The molecule has 0 aliphatic carbocycles. The first-order valence-electron chi connectivity index (χ1n) is 7.99. The fraction of sp³-hybridized carbons (Fsp3) is 0.0476. The summed E-state index contributed by atoms with van der Waals surface area (Å²) < 4.78 is 5.77. The average Bonchev–Trinajstić information content (AvgIpc) is 2.67. The summed E-state index contributed by atoms with van der Waals surface area (Å²) in [5, 5.41) is 9.27. The van der Waals surface area contributed by atoms with Crippen LogP contribution in [0.1, 0.15) is 31.8 Å². The summed E-state index contributed by atoms with van der Waals surface area (Å²) in [6, 6.07) is 20.6. The topological polar surface area (TPSA) is 89.6 Å². The zero-order valence-corrected chi connectivity index (χ0v) is 13.9. The van der Waals surface area contributed by atoms with E-state index in [-0.39, 0.29) is 35.0 Å². The monoisotopic (exact) mass is 347 g/mol. The SMILES string of the molecule is Nc1cc(C(=O)O)cc(OCc2ccccc2)c1C(=O)c1ccccc1. The molecule has 3 aromatic carbocycles. The predicted octanol–water partition coefficient (Wildman–Crippen LogP) is 3.78. The van der Waals surface area contributed by atoms with E-state index in [1.165, 1.54) is 12.1 Å². The van der Waals surface area contributed by atoms with Crippen LogP contribution in [-0.4, -0.2) is 16.9 Å². The molecule has 0 saturated heterocycles. The van der Waals surface area contributed by atoms with Crippen molar-refractivity contribution in [1.82, 2.24) is 0 Å². The van der Waals surface area contributed by atoms with Gasteiger partial charge in [0.05, 0.1) is 11.1 Å². The minimum absolute atomic E-state index is 0.0322. The first-order valence-corrected chi connectivity index (χ1v) is 7.99. The molecule has 0 spiro atoms. The summed E-state index contributed by atoms with van der Waals surface area (Å²) in [5.74, 6) is -1.30. The predicted molar refractivity (Wildman–Crippen MR) is 98.5 cm³/mol. The number of carboxylic acid groups (broad SMARTS) is 1. The van der Waals surface area contributed by atoms with Gasteiger partial charge in [-0.2, -0.15) is 0 Å². The molecule has 0 aliphatic rings. The second kappa shape index (κ2) is 7.53. The lowest BCUT2D eigenvalue weighted by Gasteiger charge is -2.14. The molecule has 0 unspecified atom stereocenters. The number of hydrogen-bond donors (Lipinski definition) is 2. The van der Waals surface area contributed by atoms with E-state index in [1.807, 2.05) is 30.3 Å².